The monoisotopic (exact) mass is 437 g/mol. The van der Waals surface area contributed by atoms with Crippen LogP contribution in [0, 0.1) is 17.7 Å². The molecule has 0 aliphatic carbocycles. The number of rotatable bonds is 6. The zero-order chi connectivity index (χ0) is 22.5. The van der Waals surface area contributed by atoms with Gasteiger partial charge in [-0.05, 0) is 87.0 Å². The van der Waals surface area contributed by atoms with Crippen molar-refractivity contribution in [2.24, 2.45) is 11.8 Å². The lowest BCUT2D eigenvalue weighted by molar-refractivity contribution is -0.127. The highest BCUT2D eigenvalue weighted by molar-refractivity contribution is 5.79. The zero-order valence-corrected chi connectivity index (χ0v) is 19.4. The first kappa shape index (κ1) is 22.8. The third kappa shape index (κ3) is 5.89. The number of hydrogen-bond acceptors (Lipinski definition) is 3. The molecule has 2 saturated heterocycles. The third-order valence-corrected chi connectivity index (χ3v) is 7.05. The lowest BCUT2D eigenvalue weighted by atomic mass is 9.94. The summed E-state index contributed by atoms with van der Waals surface area (Å²) in [5.41, 5.74) is 3.55. The Morgan fingerprint density at radius 3 is 2.38 bits per heavy atom. The van der Waals surface area contributed by atoms with E-state index in [9.17, 15) is 9.18 Å². The van der Waals surface area contributed by atoms with Gasteiger partial charge in [0.2, 0.25) is 5.91 Å². The fourth-order valence-corrected chi connectivity index (χ4v) is 5.01. The number of piperidine rings is 2. The molecule has 2 aliphatic rings. The van der Waals surface area contributed by atoms with E-state index in [1.54, 1.807) is 0 Å². The molecule has 5 heteroatoms. The van der Waals surface area contributed by atoms with Gasteiger partial charge in [-0.25, -0.2) is 4.39 Å². The van der Waals surface area contributed by atoms with Crippen molar-refractivity contribution < 1.29 is 9.18 Å². The minimum atomic E-state index is -0.200. The lowest BCUT2D eigenvalue weighted by Crippen LogP contribution is -2.40. The first-order chi connectivity index (χ1) is 15.5. The topological polar surface area (TPSA) is 35.6 Å². The molecule has 1 amide bonds. The van der Waals surface area contributed by atoms with Crippen LogP contribution in [-0.2, 0) is 11.3 Å². The average Bonchev–Trinajstić information content (AvgIpc) is 2.81. The lowest BCUT2D eigenvalue weighted by Gasteiger charge is -2.33. The molecule has 2 fully saturated rings. The Hall–Kier alpha value is -2.40. The van der Waals surface area contributed by atoms with Gasteiger partial charge in [0.1, 0.15) is 5.82 Å². The van der Waals surface area contributed by atoms with E-state index in [-0.39, 0.29) is 23.7 Å². The van der Waals surface area contributed by atoms with E-state index < -0.39 is 0 Å². The first-order valence-electron chi connectivity index (χ1n) is 12.1. The minimum Gasteiger partial charge on any atom is -0.371 e. The molecule has 0 aromatic heterocycles. The molecule has 1 N–H and O–H groups in total. The Bertz CT molecular complexity index is 875. The summed E-state index contributed by atoms with van der Waals surface area (Å²) in [6, 6.07) is 15.4. The highest BCUT2D eigenvalue weighted by Crippen LogP contribution is 2.25. The Morgan fingerprint density at radius 2 is 1.72 bits per heavy atom. The fraction of sp³-hybridized carbons (Fsp3) is 0.519. The van der Waals surface area contributed by atoms with Gasteiger partial charge in [-0.2, -0.15) is 0 Å². The van der Waals surface area contributed by atoms with Crippen LogP contribution in [0.15, 0.2) is 48.5 Å². The van der Waals surface area contributed by atoms with Crippen LogP contribution < -0.4 is 10.2 Å². The normalized spacial score (nSPS) is 21.3. The summed E-state index contributed by atoms with van der Waals surface area (Å²) in [7, 11) is 0. The molecule has 2 aromatic rings. The van der Waals surface area contributed by atoms with E-state index in [0.717, 1.165) is 62.6 Å². The summed E-state index contributed by atoms with van der Waals surface area (Å²) < 4.78 is 13.1. The van der Waals surface area contributed by atoms with Crippen molar-refractivity contribution in [2.75, 3.05) is 31.1 Å². The number of halogens is 1. The van der Waals surface area contributed by atoms with Gasteiger partial charge in [0.05, 0.1) is 6.04 Å². The summed E-state index contributed by atoms with van der Waals surface area (Å²) in [6.07, 6.45) is 4.32. The molecule has 0 saturated carbocycles. The van der Waals surface area contributed by atoms with E-state index in [1.165, 1.54) is 30.7 Å². The number of carbonyl (C=O) groups is 1. The van der Waals surface area contributed by atoms with Crippen LogP contribution in [0.4, 0.5) is 10.1 Å². The molecule has 2 heterocycles. The number of hydrogen-bond donors (Lipinski definition) is 1. The Kier molecular flexibility index (Phi) is 7.46. The number of carbonyl (C=O) groups excluding carboxylic acids is 1. The fourth-order valence-electron chi connectivity index (χ4n) is 5.01. The third-order valence-electron chi connectivity index (χ3n) is 7.05. The van der Waals surface area contributed by atoms with Crippen molar-refractivity contribution >= 4 is 11.6 Å². The van der Waals surface area contributed by atoms with Crippen molar-refractivity contribution in [1.82, 2.24) is 10.2 Å². The second-order valence-corrected chi connectivity index (χ2v) is 9.69. The maximum atomic E-state index is 13.1. The largest absolute Gasteiger partial charge is 0.371 e. The minimum absolute atomic E-state index is 0.00840. The summed E-state index contributed by atoms with van der Waals surface area (Å²) >= 11 is 0. The van der Waals surface area contributed by atoms with Crippen LogP contribution in [0.5, 0.6) is 0 Å². The van der Waals surface area contributed by atoms with Crippen molar-refractivity contribution in [3.05, 3.63) is 65.5 Å². The number of benzene rings is 2. The molecule has 2 unspecified atom stereocenters. The maximum absolute atomic E-state index is 13.1. The predicted molar refractivity (Wildman–Crippen MR) is 128 cm³/mol. The number of anilines is 1. The quantitative estimate of drug-likeness (QED) is 0.679. The summed E-state index contributed by atoms with van der Waals surface area (Å²) in [6.45, 7) is 9.26. The van der Waals surface area contributed by atoms with Crippen molar-refractivity contribution in [1.29, 1.82) is 0 Å². The van der Waals surface area contributed by atoms with E-state index in [4.69, 9.17) is 0 Å². The van der Waals surface area contributed by atoms with Gasteiger partial charge in [0.15, 0.2) is 0 Å². The van der Waals surface area contributed by atoms with Gasteiger partial charge < -0.3 is 10.2 Å². The molecular formula is C27H36FN3O. The molecule has 32 heavy (non-hydrogen) atoms. The number of amides is 1. The van der Waals surface area contributed by atoms with Crippen LogP contribution in [0.2, 0.25) is 0 Å². The SMILES string of the molecule is CC1CCCN(c2ccc(C(C)NC(=O)C3CCN(Cc4ccc(F)cc4)CC3)cc2)C1. The Morgan fingerprint density at radius 1 is 1.03 bits per heavy atom. The molecular weight excluding hydrogens is 401 g/mol. The summed E-state index contributed by atoms with van der Waals surface area (Å²) in [5.74, 6) is 0.779. The van der Waals surface area contributed by atoms with E-state index in [2.05, 4.69) is 53.2 Å². The summed E-state index contributed by atoms with van der Waals surface area (Å²) in [4.78, 5) is 17.7. The molecule has 2 atom stereocenters. The van der Waals surface area contributed by atoms with E-state index in [1.807, 2.05) is 12.1 Å². The molecule has 0 radical (unpaired) electrons. The van der Waals surface area contributed by atoms with E-state index in [0.29, 0.717) is 0 Å². The predicted octanol–water partition coefficient (Wildman–Crippen LogP) is 5.15. The van der Waals surface area contributed by atoms with E-state index >= 15 is 0 Å². The van der Waals surface area contributed by atoms with Crippen LogP contribution in [-0.4, -0.2) is 37.0 Å². The van der Waals surface area contributed by atoms with Crippen LogP contribution >= 0.6 is 0 Å². The van der Waals surface area contributed by atoms with Crippen LogP contribution in [0.25, 0.3) is 0 Å². The van der Waals surface area contributed by atoms with Gasteiger partial charge in [-0.15, -0.1) is 0 Å². The molecule has 0 bridgehead atoms. The molecule has 4 nitrogen and oxygen atoms in total. The smallest absolute Gasteiger partial charge is 0.223 e. The zero-order valence-electron chi connectivity index (χ0n) is 19.4. The molecule has 0 spiro atoms. The van der Waals surface area contributed by atoms with Gasteiger partial charge in [0.25, 0.3) is 0 Å². The second kappa shape index (κ2) is 10.5. The summed E-state index contributed by atoms with van der Waals surface area (Å²) in [5, 5.41) is 3.23. The molecule has 4 rings (SSSR count). The Labute approximate surface area is 191 Å². The molecule has 172 valence electrons. The molecule has 2 aliphatic heterocycles. The second-order valence-electron chi connectivity index (χ2n) is 9.69. The molecule has 2 aromatic carbocycles. The van der Waals surface area contributed by atoms with Gasteiger partial charge in [-0.1, -0.05) is 31.2 Å². The number of nitrogens with one attached hydrogen (secondary N) is 1. The van der Waals surface area contributed by atoms with Crippen LogP contribution in [0.3, 0.4) is 0 Å². The highest BCUT2D eigenvalue weighted by atomic mass is 19.1. The van der Waals surface area contributed by atoms with Crippen molar-refractivity contribution in [3.63, 3.8) is 0 Å². The van der Waals surface area contributed by atoms with Gasteiger partial charge in [-0.3, -0.25) is 9.69 Å². The maximum Gasteiger partial charge on any atom is 0.223 e. The van der Waals surface area contributed by atoms with Crippen molar-refractivity contribution in [2.45, 2.75) is 52.1 Å². The first-order valence-corrected chi connectivity index (χ1v) is 12.1. The van der Waals surface area contributed by atoms with Crippen molar-refractivity contribution in [3.8, 4) is 0 Å². The highest BCUT2D eigenvalue weighted by Gasteiger charge is 2.26. The van der Waals surface area contributed by atoms with Crippen LogP contribution in [0.1, 0.15) is 56.7 Å². The number of likely N-dealkylation sites (tertiary alicyclic amines) is 1. The van der Waals surface area contributed by atoms with Gasteiger partial charge >= 0.3 is 0 Å². The standard InChI is InChI=1S/C27H36FN3O/c1-20-4-3-15-31(18-20)26-11-7-23(8-12-26)21(2)29-27(32)24-13-16-30(17-14-24)19-22-5-9-25(28)10-6-22/h5-12,20-21,24H,3-4,13-19H2,1-2H3,(H,29,32). The Balaban J connectivity index is 1.24. The average molecular weight is 438 g/mol. The van der Waals surface area contributed by atoms with Gasteiger partial charge in [0, 0.05) is 31.2 Å². The number of nitrogens with zero attached hydrogens (tertiary/aromatic N) is 2.